The van der Waals surface area contributed by atoms with Crippen LogP contribution in [0, 0.1) is 0 Å². The second-order valence-corrected chi connectivity index (χ2v) is 5.31. The summed E-state index contributed by atoms with van der Waals surface area (Å²) >= 11 is 0. The molecule has 0 aromatic heterocycles. The van der Waals surface area contributed by atoms with Gasteiger partial charge in [0.1, 0.15) is 5.54 Å². The Morgan fingerprint density at radius 1 is 1.44 bits per heavy atom. The number of allylic oxidation sites excluding steroid dienone is 1. The van der Waals surface area contributed by atoms with E-state index in [1.165, 1.54) is 12.0 Å². The quantitative estimate of drug-likeness (QED) is 0.731. The third kappa shape index (κ3) is 2.72. The molecule has 0 bridgehead atoms. The minimum absolute atomic E-state index is 0.0109. The zero-order chi connectivity index (χ0) is 13.2. The fraction of sp³-hybridized carbons (Fsp3) is 0.692. The summed E-state index contributed by atoms with van der Waals surface area (Å²) in [5, 5.41) is 9.02. The molecule has 5 heteroatoms. The van der Waals surface area contributed by atoms with Crippen molar-refractivity contribution in [2.24, 2.45) is 5.73 Å². The molecule has 0 aromatic carbocycles. The minimum atomic E-state index is -1.25. The Labute approximate surface area is 107 Å². The van der Waals surface area contributed by atoms with Gasteiger partial charge in [-0.15, -0.1) is 0 Å². The predicted molar refractivity (Wildman–Crippen MR) is 66.9 cm³/mol. The molecule has 3 N–H and O–H groups in total. The Bertz CT molecular complexity index is 392. The number of hydrogen-bond acceptors (Lipinski definition) is 3. The largest absolute Gasteiger partial charge is 0.480 e. The van der Waals surface area contributed by atoms with Gasteiger partial charge in [0, 0.05) is 19.5 Å². The average Bonchev–Trinajstić information content (AvgIpc) is 2.75. The third-order valence-corrected chi connectivity index (χ3v) is 3.84. The second kappa shape index (κ2) is 5.10. The number of hydrogen-bond donors (Lipinski definition) is 2. The van der Waals surface area contributed by atoms with Gasteiger partial charge in [-0.25, -0.2) is 0 Å². The number of nitrogens with zero attached hydrogens (tertiary/aromatic N) is 1. The van der Waals surface area contributed by atoms with E-state index in [1.807, 2.05) is 0 Å². The summed E-state index contributed by atoms with van der Waals surface area (Å²) in [6.07, 6.45) is 7.30. The molecule has 0 aromatic rings. The fourth-order valence-electron chi connectivity index (χ4n) is 2.59. The van der Waals surface area contributed by atoms with E-state index in [4.69, 9.17) is 10.8 Å². The van der Waals surface area contributed by atoms with Gasteiger partial charge in [-0.05, 0) is 32.1 Å². The van der Waals surface area contributed by atoms with Crippen LogP contribution in [-0.4, -0.2) is 40.5 Å². The highest BCUT2D eigenvalue weighted by atomic mass is 16.4. The lowest BCUT2D eigenvalue weighted by molar-refractivity contribution is -0.143. The van der Waals surface area contributed by atoms with Crippen molar-refractivity contribution < 1.29 is 14.7 Å². The highest BCUT2D eigenvalue weighted by Crippen LogP contribution is 2.24. The molecule has 100 valence electrons. The van der Waals surface area contributed by atoms with Gasteiger partial charge >= 0.3 is 5.97 Å². The Morgan fingerprint density at radius 2 is 2.22 bits per heavy atom. The number of amides is 1. The zero-order valence-corrected chi connectivity index (χ0v) is 10.5. The number of carboxylic acid groups (broad SMARTS) is 1. The number of aliphatic carboxylic acids is 1. The Hall–Kier alpha value is -1.36. The predicted octanol–water partition coefficient (Wildman–Crippen LogP) is 0.891. The summed E-state index contributed by atoms with van der Waals surface area (Å²) in [6, 6.07) is 0. The van der Waals surface area contributed by atoms with Crippen LogP contribution in [0.5, 0.6) is 0 Å². The van der Waals surface area contributed by atoms with Crippen molar-refractivity contribution in [1.29, 1.82) is 0 Å². The van der Waals surface area contributed by atoms with E-state index in [2.05, 4.69) is 6.08 Å². The van der Waals surface area contributed by atoms with Crippen LogP contribution in [0.2, 0.25) is 0 Å². The van der Waals surface area contributed by atoms with Gasteiger partial charge in [-0.1, -0.05) is 11.6 Å². The van der Waals surface area contributed by atoms with Crippen LogP contribution in [0.15, 0.2) is 11.6 Å². The lowest BCUT2D eigenvalue weighted by Gasteiger charge is -2.21. The Morgan fingerprint density at radius 3 is 2.78 bits per heavy atom. The fourth-order valence-corrected chi connectivity index (χ4v) is 2.59. The van der Waals surface area contributed by atoms with Gasteiger partial charge in [0.05, 0.1) is 0 Å². The van der Waals surface area contributed by atoms with Crippen molar-refractivity contribution in [2.45, 2.75) is 44.1 Å². The summed E-state index contributed by atoms with van der Waals surface area (Å²) in [5.74, 6) is -1.01. The summed E-state index contributed by atoms with van der Waals surface area (Å²) in [7, 11) is 0. The molecule has 1 aliphatic carbocycles. The molecule has 0 saturated carbocycles. The van der Waals surface area contributed by atoms with E-state index in [0.29, 0.717) is 19.4 Å². The molecule has 1 heterocycles. The highest BCUT2D eigenvalue weighted by Gasteiger charge is 2.42. The molecule has 1 unspecified atom stereocenters. The molecule has 1 atom stereocenters. The van der Waals surface area contributed by atoms with Crippen molar-refractivity contribution in [1.82, 2.24) is 4.90 Å². The number of likely N-dealkylation sites (tertiary alicyclic amines) is 1. The molecule has 1 saturated heterocycles. The second-order valence-electron chi connectivity index (χ2n) is 5.31. The molecular formula is C13H20N2O3. The van der Waals surface area contributed by atoms with E-state index in [0.717, 1.165) is 19.3 Å². The Kier molecular flexibility index (Phi) is 3.71. The smallest absolute Gasteiger partial charge is 0.325 e. The van der Waals surface area contributed by atoms with E-state index in [9.17, 15) is 9.59 Å². The van der Waals surface area contributed by atoms with E-state index < -0.39 is 11.5 Å². The molecule has 1 fully saturated rings. The molecule has 1 amide bonds. The highest BCUT2D eigenvalue weighted by molar-refractivity contribution is 5.84. The number of carboxylic acids is 1. The van der Waals surface area contributed by atoms with E-state index in [-0.39, 0.29) is 12.5 Å². The first-order chi connectivity index (χ1) is 8.51. The molecule has 2 rings (SSSR count). The lowest BCUT2D eigenvalue weighted by atomic mass is 9.97. The van der Waals surface area contributed by atoms with Gasteiger partial charge in [0.2, 0.25) is 5.91 Å². The van der Waals surface area contributed by atoms with Crippen LogP contribution in [-0.2, 0) is 9.59 Å². The topological polar surface area (TPSA) is 83.6 Å². The lowest BCUT2D eigenvalue weighted by Crippen LogP contribution is -2.50. The van der Waals surface area contributed by atoms with Crippen molar-refractivity contribution in [3.63, 3.8) is 0 Å². The number of carbonyl (C=O) groups excluding carboxylic acids is 1. The van der Waals surface area contributed by atoms with Gasteiger partial charge in [-0.2, -0.15) is 0 Å². The SMILES string of the molecule is NC1(C(=O)O)CCN(C(=O)CC2=CCCCC2)C1. The number of rotatable bonds is 3. The third-order valence-electron chi connectivity index (χ3n) is 3.84. The van der Waals surface area contributed by atoms with E-state index >= 15 is 0 Å². The molecule has 2 aliphatic rings. The number of nitrogens with two attached hydrogens (primary N) is 1. The summed E-state index contributed by atoms with van der Waals surface area (Å²) < 4.78 is 0. The summed E-state index contributed by atoms with van der Waals surface area (Å²) in [5.41, 5.74) is 5.69. The maximum absolute atomic E-state index is 12.1. The van der Waals surface area contributed by atoms with Crippen molar-refractivity contribution >= 4 is 11.9 Å². The molecule has 18 heavy (non-hydrogen) atoms. The first-order valence-electron chi connectivity index (χ1n) is 6.49. The maximum Gasteiger partial charge on any atom is 0.325 e. The van der Waals surface area contributed by atoms with Crippen LogP contribution in [0.25, 0.3) is 0 Å². The van der Waals surface area contributed by atoms with Gasteiger partial charge in [0.15, 0.2) is 0 Å². The monoisotopic (exact) mass is 252 g/mol. The molecule has 0 spiro atoms. The van der Waals surface area contributed by atoms with Crippen LogP contribution in [0.1, 0.15) is 38.5 Å². The maximum atomic E-state index is 12.1. The van der Waals surface area contributed by atoms with Crippen LogP contribution in [0.4, 0.5) is 0 Å². The number of carbonyl (C=O) groups is 2. The molecule has 1 aliphatic heterocycles. The van der Waals surface area contributed by atoms with Gasteiger partial charge in [-0.3, -0.25) is 9.59 Å². The normalized spacial score (nSPS) is 28.1. The van der Waals surface area contributed by atoms with Gasteiger partial charge in [0.25, 0.3) is 0 Å². The molecular weight excluding hydrogens is 232 g/mol. The van der Waals surface area contributed by atoms with Crippen LogP contribution >= 0.6 is 0 Å². The zero-order valence-electron chi connectivity index (χ0n) is 10.5. The van der Waals surface area contributed by atoms with E-state index in [1.54, 1.807) is 4.90 Å². The van der Waals surface area contributed by atoms with Crippen LogP contribution < -0.4 is 5.73 Å². The van der Waals surface area contributed by atoms with Crippen LogP contribution in [0.3, 0.4) is 0 Å². The minimum Gasteiger partial charge on any atom is -0.480 e. The standard InChI is InChI=1S/C13H20N2O3/c14-13(12(17)18)6-7-15(9-13)11(16)8-10-4-2-1-3-5-10/h4H,1-3,5-9,14H2,(H,17,18). The average molecular weight is 252 g/mol. The Balaban J connectivity index is 1.91. The van der Waals surface area contributed by atoms with Crippen molar-refractivity contribution in [3.05, 3.63) is 11.6 Å². The van der Waals surface area contributed by atoms with Gasteiger partial charge < -0.3 is 15.7 Å². The first-order valence-corrected chi connectivity index (χ1v) is 6.49. The molecule has 0 radical (unpaired) electrons. The summed E-state index contributed by atoms with van der Waals surface area (Å²) in [6.45, 7) is 0.587. The molecule has 5 nitrogen and oxygen atoms in total. The summed E-state index contributed by atoms with van der Waals surface area (Å²) in [4.78, 5) is 24.7. The first kappa shape index (κ1) is 13.1. The van der Waals surface area contributed by atoms with Crippen molar-refractivity contribution in [3.8, 4) is 0 Å². The van der Waals surface area contributed by atoms with Crippen molar-refractivity contribution in [2.75, 3.05) is 13.1 Å².